The van der Waals surface area contributed by atoms with E-state index in [0.29, 0.717) is 28.4 Å². The molecule has 0 bridgehead atoms. The molecular formula is C12H12N6O. The van der Waals surface area contributed by atoms with Crippen molar-refractivity contribution in [1.82, 2.24) is 19.7 Å². The average molecular weight is 256 g/mol. The third-order valence-electron chi connectivity index (χ3n) is 2.69. The second-order valence-corrected chi connectivity index (χ2v) is 4.19. The first-order valence-electron chi connectivity index (χ1n) is 5.68. The van der Waals surface area contributed by atoms with E-state index in [1.807, 2.05) is 7.05 Å². The summed E-state index contributed by atoms with van der Waals surface area (Å²) in [5.74, 6) is 0.960. The highest BCUT2D eigenvalue weighted by molar-refractivity contribution is 5.82. The van der Waals surface area contributed by atoms with Crippen molar-refractivity contribution in [2.24, 2.45) is 7.05 Å². The van der Waals surface area contributed by atoms with E-state index in [-0.39, 0.29) is 5.56 Å². The van der Waals surface area contributed by atoms with Gasteiger partial charge in [0, 0.05) is 25.0 Å². The fraction of sp³-hybridized carbons (Fsp3) is 0.0833. The minimum atomic E-state index is -0.240. The van der Waals surface area contributed by atoms with Crippen LogP contribution in [-0.4, -0.2) is 19.7 Å². The van der Waals surface area contributed by atoms with Gasteiger partial charge >= 0.3 is 0 Å². The highest BCUT2D eigenvalue weighted by Crippen LogP contribution is 2.14. The third kappa shape index (κ3) is 2.13. The Bertz CT molecular complexity index is 803. The molecule has 3 rings (SSSR count). The Morgan fingerprint density at radius 3 is 2.95 bits per heavy atom. The summed E-state index contributed by atoms with van der Waals surface area (Å²) < 4.78 is 1.65. The highest BCUT2D eigenvalue weighted by atomic mass is 16.1. The third-order valence-corrected chi connectivity index (χ3v) is 2.69. The van der Waals surface area contributed by atoms with Crippen molar-refractivity contribution in [3.63, 3.8) is 0 Å². The molecule has 0 amide bonds. The number of benzene rings is 1. The summed E-state index contributed by atoms with van der Waals surface area (Å²) in [7, 11) is 1.81. The van der Waals surface area contributed by atoms with E-state index in [2.05, 4.69) is 20.4 Å². The summed E-state index contributed by atoms with van der Waals surface area (Å²) in [6, 6.07) is 6.81. The molecule has 0 fully saturated rings. The SMILES string of the molecule is Cn1ccc(Nc2nc3ccc(N)cc3c(=O)[nH]2)n1. The monoisotopic (exact) mass is 256 g/mol. The smallest absolute Gasteiger partial charge is 0.260 e. The van der Waals surface area contributed by atoms with Gasteiger partial charge in [0.2, 0.25) is 5.95 Å². The second kappa shape index (κ2) is 4.13. The molecule has 0 saturated heterocycles. The predicted molar refractivity (Wildman–Crippen MR) is 73.3 cm³/mol. The zero-order chi connectivity index (χ0) is 13.4. The summed E-state index contributed by atoms with van der Waals surface area (Å²) in [5, 5.41) is 7.56. The Kier molecular flexibility index (Phi) is 2.45. The minimum Gasteiger partial charge on any atom is -0.399 e. The van der Waals surface area contributed by atoms with Crippen LogP contribution in [0.5, 0.6) is 0 Å². The summed E-state index contributed by atoms with van der Waals surface area (Å²) >= 11 is 0. The molecule has 0 atom stereocenters. The van der Waals surface area contributed by atoms with E-state index in [1.54, 1.807) is 35.1 Å². The lowest BCUT2D eigenvalue weighted by atomic mass is 10.2. The number of hydrogen-bond acceptors (Lipinski definition) is 5. The molecular weight excluding hydrogens is 244 g/mol. The van der Waals surface area contributed by atoms with E-state index in [0.717, 1.165) is 0 Å². The topological polar surface area (TPSA) is 102 Å². The number of rotatable bonds is 2. The number of aryl methyl sites for hydroxylation is 1. The van der Waals surface area contributed by atoms with E-state index in [4.69, 9.17) is 5.73 Å². The van der Waals surface area contributed by atoms with Crippen LogP contribution >= 0.6 is 0 Å². The number of nitrogen functional groups attached to an aromatic ring is 1. The van der Waals surface area contributed by atoms with Crippen LogP contribution in [0.2, 0.25) is 0 Å². The Labute approximate surface area is 108 Å². The number of anilines is 3. The first kappa shape index (κ1) is 11.3. The van der Waals surface area contributed by atoms with Gasteiger partial charge in [0.15, 0.2) is 5.82 Å². The van der Waals surface area contributed by atoms with Gasteiger partial charge in [-0.05, 0) is 18.2 Å². The molecule has 2 aromatic heterocycles. The first-order chi connectivity index (χ1) is 9.11. The van der Waals surface area contributed by atoms with E-state index >= 15 is 0 Å². The maximum Gasteiger partial charge on any atom is 0.260 e. The lowest BCUT2D eigenvalue weighted by Gasteiger charge is -2.04. The number of fused-ring (bicyclic) bond motifs is 1. The van der Waals surface area contributed by atoms with Crippen molar-refractivity contribution in [1.29, 1.82) is 0 Å². The molecule has 19 heavy (non-hydrogen) atoms. The van der Waals surface area contributed by atoms with Crippen molar-refractivity contribution in [3.8, 4) is 0 Å². The van der Waals surface area contributed by atoms with E-state index in [1.165, 1.54) is 0 Å². The van der Waals surface area contributed by atoms with Crippen LogP contribution in [0.1, 0.15) is 0 Å². The number of nitrogens with two attached hydrogens (primary N) is 1. The van der Waals surface area contributed by atoms with Gasteiger partial charge in [-0.25, -0.2) is 4.98 Å². The van der Waals surface area contributed by atoms with Crippen LogP contribution in [0.15, 0.2) is 35.3 Å². The van der Waals surface area contributed by atoms with Crippen molar-refractivity contribution in [2.75, 3.05) is 11.1 Å². The maximum atomic E-state index is 11.9. The standard InChI is InChI=1S/C12H12N6O/c1-18-5-4-10(17-18)15-12-14-9-3-2-7(13)6-8(9)11(19)16-12/h2-6H,13H2,1H3,(H2,14,15,16,17,19). The molecule has 2 heterocycles. The minimum absolute atomic E-state index is 0.240. The van der Waals surface area contributed by atoms with Gasteiger partial charge in [-0.2, -0.15) is 5.10 Å². The van der Waals surface area contributed by atoms with Crippen molar-refractivity contribution >= 4 is 28.4 Å². The van der Waals surface area contributed by atoms with Gasteiger partial charge in [0.1, 0.15) is 0 Å². The fourth-order valence-electron chi connectivity index (χ4n) is 1.82. The number of aromatic nitrogens is 4. The number of nitrogens with zero attached hydrogens (tertiary/aromatic N) is 3. The first-order valence-corrected chi connectivity index (χ1v) is 5.68. The van der Waals surface area contributed by atoms with Crippen LogP contribution in [0, 0.1) is 0 Å². The van der Waals surface area contributed by atoms with E-state index in [9.17, 15) is 4.79 Å². The molecule has 3 aromatic rings. The number of hydrogen-bond donors (Lipinski definition) is 3. The van der Waals surface area contributed by atoms with Crippen LogP contribution in [0.25, 0.3) is 10.9 Å². The average Bonchev–Trinajstić information content (AvgIpc) is 2.76. The predicted octanol–water partition coefficient (Wildman–Crippen LogP) is 0.982. The van der Waals surface area contributed by atoms with E-state index < -0.39 is 0 Å². The maximum absolute atomic E-state index is 11.9. The molecule has 0 unspecified atom stereocenters. The molecule has 7 heteroatoms. The molecule has 0 spiro atoms. The summed E-state index contributed by atoms with van der Waals surface area (Å²) in [4.78, 5) is 18.9. The molecule has 0 aliphatic carbocycles. The molecule has 7 nitrogen and oxygen atoms in total. The van der Waals surface area contributed by atoms with Crippen molar-refractivity contribution < 1.29 is 0 Å². The summed E-state index contributed by atoms with van der Waals surface area (Å²) in [6.07, 6.45) is 1.79. The molecule has 0 aliphatic rings. The van der Waals surface area contributed by atoms with Gasteiger partial charge in [0.25, 0.3) is 5.56 Å². The number of nitrogens with one attached hydrogen (secondary N) is 2. The van der Waals surface area contributed by atoms with Gasteiger partial charge in [0.05, 0.1) is 10.9 Å². The molecule has 0 aliphatic heterocycles. The Morgan fingerprint density at radius 1 is 1.37 bits per heavy atom. The Balaban J connectivity index is 2.06. The zero-order valence-electron chi connectivity index (χ0n) is 10.2. The van der Waals surface area contributed by atoms with Crippen LogP contribution in [-0.2, 0) is 7.05 Å². The Hall–Kier alpha value is -2.83. The summed E-state index contributed by atoms with van der Waals surface area (Å²) in [6.45, 7) is 0. The van der Waals surface area contributed by atoms with Gasteiger partial charge < -0.3 is 11.1 Å². The van der Waals surface area contributed by atoms with Gasteiger partial charge in [-0.1, -0.05) is 0 Å². The molecule has 0 saturated carbocycles. The van der Waals surface area contributed by atoms with Crippen LogP contribution < -0.4 is 16.6 Å². The van der Waals surface area contributed by atoms with Gasteiger partial charge in [-0.3, -0.25) is 14.5 Å². The lowest BCUT2D eigenvalue weighted by Crippen LogP contribution is -2.11. The summed E-state index contributed by atoms with van der Waals surface area (Å²) in [5.41, 5.74) is 6.52. The Morgan fingerprint density at radius 2 is 2.21 bits per heavy atom. The van der Waals surface area contributed by atoms with Crippen LogP contribution in [0.4, 0.5) is 17.5 Å². The number of aromatic amines is 1. The second-order valence-electron chi connectivity index (χ2n) is 4.19. The van der Waals surface area contributed by atoms with Crippen LogP contribution in [0.3, 0.4) is 0 Å². The quantitative estimate of drug-likeness (QED) is 0.593. The molecule has 1 aromatic carbocycles. The normalized spacial score (nSPS) is 10.8. The zero-order valence-corrected chi connectivity index (χ0v) is 10.2. The largest absolute Gasteiger partial charge is 0.399 e. The van der Waals surface area contributed by atoms with Crippen molar-refractivity contribution in [3.05, 3.63) is 40.8 Å². The number of H-pyrrole nitrogens is 1. The molecule has 96 valence electrons. The highest BCUT2D eigenvalue weighted by Gasteiger charge is 2.05. The lowest BCUT2D eigenvalue weighted by molar-refractivity contribution is 0.771. The fourth-order valence-corrected chi connectivity index (χ4v) is 1.82. The molecule has 4 N–H and O–H groups in total. The van der Waals surface area contributed by atoms with Crippen molar-refractivity contribution in [2.45, 2.75) is 0 Å². The molecule has 0 radical (unpaired) electrons. The van der Waals surface area contributed by atoms with Gasteiger partial charge in [-0.15, -0.1) is 0 Å².